The lowest BCUT2D eigenvalue weighted by Gasteiger charge is -2.17. The topological polar surface area (TPSA) is 65.7 Å². The molecule has 4 rings (SSSR count). The Balaban J connectivity index is 0.00000256. The third-order valence-electron chi connectivity index (χ3n) is 4.92. The highest BCUT2D eigenvalue weighted by atomic mass is 79.9. The Morgan fingerprint density at radius 2 is 1.97 bits per heavy atom. The van der Waals surface area contributed by atoms with Crippen LogP contribution >= 0.6 is 28.3 Å². The predicted molar refractivity (Wildman–Crippen MR) is 121 cm³/mol. The second-order valence-electron chi connectivity index (χ2n) is 7.10. The van der Waals surface area contributed by atoms with Crippen molar-refractivity contribution < 1.29 is 19.3 Å². The van der Waals surface area contributed by atoms with E-state index in [0.29, 0.717) is 19.8 Å². The maximum absolute atomic E-state index is 10.5. The van der Waals surface area contributed by atoms with E-state index in [1.807, 2.05) is 48.5 Å². The van der Waals surface area contributed by atoms with E-state index in [0.717, 1.165) is 46.5 Å². The van der Waals surface area contributed by atoms with Gasteiger partial charge in [0.25, 0.3) is 0 Å². The van der Waals surface area contributed by atoms with Crippen LogP contribution in [0.1, 0.15) is 24.8 Å². The van der Waals surface area contributed by atoms with Gasteiger partial charge >= 0.3 is 0 Å². The molecule has 0 saturated carbocycles. The van der Waals surface area contributed by atoms with E-state index >= 15 is 0 Å². The molecule has 0 radical (unpaired) electrons. The zero-order valence-electron chi connectivity index (χ0n) is 16.6. The maximum Gasteiger partial charge on any atom is 0.139 e. The minimum Gasteiger partial charge on any atom is -0.491 e. The lowest BCUT2D eigenvalue weighted by Crippen LogP contribution is -2.25. The lowest BCUT2D eigenvalue weighted by molar-refractivity contribution is 0.0161. The molecule has 30 heavy (non-hydrogen) atoms. The van der Waals surface area contributed by atoms with E-state index in [9.17, 15) is 5.11 Å². The average molecular weight is 498 g/mol. The number of fused-ring (bicyclic) bond motifs is 1. The summed E-state index contributed by atoms with van der Waals surface area (Å²) in [5.41, 5.74) is 1.93. The van der Waals surface area contributed by atoms with Crippen molar-refractivity contribution >= 4 is 39.4 Å². The summed E-state index contributed by atoms with van der Waals surface area (Å²) < 4.78 is 20.2. The lowest BCUT2D eigenvalue weighted by atomic mass is 10.2. The molecule has 1 aliphatic rings. The molecule has 2 unspecified atom stereocenters. The smallest absolute Gasteiger partial charge is 0.139 e. The summed E-state index contributed by atoms with van der Waals surface area (Å²) >= 11 is 3.40. The molecule has 2 heterocycles. The number of para-hydroxylation sites is 2. The van der Waals surface area contributed by atoms with Crippen molar-refractivity contribution in [2.75, 3.05) is 26.4 Å². The van der Waals surface area contributed by atoms with Crippen LogP contribution in [-0.4, -0.2) is 47.2 Å². The number of aliphatic hydroxyl groups is 1. The zero-order valence-corrected chi connectivity index (χ0v) is 19.0. The fourth-order valence-corrected chi connectivity index (χ4v) is 3.81. The van der Waals surface area contributed by atoms with Gasteiger partial charge in [0, 0.05) is 11.1 Å². The summed E-state index contributed by atoms with van der Waals surface area (Å²) in [5.74, 6) is 1.68. The van der Waals surface area contributed by atoms with Crippen LogP contribution in [0.3, 0.4) is 0 Å². The van der Waals surface area contributed by atoms with Crippen molar-refractivity contribution in [1.29, 1.82) is 0 Å². The van der Waals surface area contributed by atoms with E-state index < -0.39 is 6.10 Å². The second-order valence-corrected chi connectivity index (χ2v) is 8.02. The van der Waals surface area contributed by atoms with Crippen LogP contribution in [0.5, 0.6) is 5.75 Å². The van der Waals surface area contributed by atoms with Crippen LogP contribution in [-0.2, 0) is 16.0 Å². The SMILES string of the molecule is Cl.OC(COCCOc1ccc(Br)cc1)Cn1c(C2CCCO2)nc2ccccc21. The summed E-state index contributed by atoms with van der Waals surface area (Å²) in [6.07, 6.45) is 1.36. The second kappa shape index (κ2) is 11.1. The van der Waals surface area contributed by atoms with Gasteiger partial charge in [-0.2, -0.15) is 0 Å². The summed E-state index contributed by atoms with van der Waals surface area (Å²) in [6, 6.07) is 15.6. The van der Waals surface area contributed by atoms with Gasteiger partial charge in [-0.25, -0.2) is 4.98 Å². The molecule has 0 amide bonds. The van der Waals surface area contributed by atoms with Crippen LogP contribution in [0.2, 0.25) is 0 Å². The Morgan fingerprint density at radius 1 is 1.17 bits per heavy atom. The van der Waals surface area contributed by atoms with Gasteiger partial charge in [0.15, 0.2) is 0 Å². The van der Waals surface area contributed by atoms with Crippen molar-refractivity contribution in [3.8, 4) is 5.75 Å². The van der Waals surface area contributed by atoms with Crippen LogP contribution in [0.15, 0.2) is 53.0 Å². The average Bonchev–Trinajstić information content (AvgIpc) is 3.37. The Labute approximate surface area is 190 Å². The maximum atomic E-state index is 10.5. The third-order valence-corrected chi connectivity index (χ3v) is 5.44. The van der Waals surface area contributed by atoms with Crippen molar-refractivity contribution in [2.45, 2.75) is 31.6 Å². The number of ether oxygens (including phenoxy) is 3. The molecule has 0 aliphatic carbocycles. The largest absolute Gasteiger partial charge is 0.491 e. The number of imidazole rings is 1. The highest BCUT2D eigenvalue weighted by Crippen LogP contribution is 2.30. The quantitative estimate of drug-likeness (QED) is 0.440. The fourth-order valence-electron chi connectivity index (χ4n) is 3.55. The Hall–Kier alpha value is -1.64. The van der Waals surface area contributed by atoms with Gasteiger partial charge in [-0.05, 0) is 49.2 Å². The van der Waals surface area contributed by atoms with E-state index in [2.05, 4.69) is 20.5 Å². The number of hydrogen-bond acceptors (Lipinski definition) is 5. The van der Waals surface area contributed by atoms with Crippen LogP contribution in [0, 0.1) is 0 Å². The first-order valence-electron chi connectivity index (χ1n) is 9.91. The van der Waals surface area contributed by atoms with Crippen LogP contribution in [0.4, 0.5) is 0 Å². The van der Waals surface area contributed by atoms with Gasteiger partial charge < -0.3 is 23.9 Å². The monoisotopic (exact) mass is 496 g/mol. The molecule has 2 atom stereocenters. The molecule has 3 aromatic rings. The molecule has 1 aromatic heterocycles. The minimum atomic E-state index is -0.638. The molecular weight excluding hydrogens is 472 g/mol. The number of aromatic nitrogens is 2. The molecule has 1 saturated heterocycles. The molecule has 2 aromatic carbocycles. The number of halogens is 2. The van der Waals surface area contributed by atoms with E-state index in [1.54, 1.807) is 0 Å². The summed E-state index contributed by atoms with van der Waals surface area (Å²) in [5, 5.41) is 10.5. The summed E-state index contributed by atoms with van der Waals surface area (Å²) in [4.78, 5) is 4.76. The van der Waals surface area contributed by atoms with E-state index in [4.69, 9.17) is 19.2 Å². The summed E-state index contributed by atoms with van der Waals surface area (Å²) in [6.45, 7) is 2.27. The van der Waals surface area contributed by atoms with Gasteiger partial charge in [0.05, 0.1) is 36.9 Å². The van der Waals surface area contributed by atoms with Gasteiger partial charge in [0.2, 0.25) is 0 Å². The number of hydrogen-bond donors (Lipinski definition) is 1. The highest BCUT2D eigenvalue weighted by Gasteiger charge is 2.25. The predicted octanol–water partition coefficient (Wildman–Crippen LogP) is 4.53. The number of aliphatic hydroxyl groups excluding tert-OH is 1. The number of nitrogens with zero attached hydrogens (tertiary/aromatic N) is 2. The Bertz CT molecular complexity index is 929. The van der Waals surface area contributed by atoms with Gasteiger partial charge in [0.1, 0.15) is 24.3 Å². The molecule has 1 aliphatic heterocycles. The molecule has 8 heteroatoms. The third kappa shape index (κ3) is 5.74. The van der Waals surface area contributed by atoms with Crippen molar-refractivity contribution in [2.24, 2.45) is 0 Å². The van der Waals surface area contributed by atoms with Crippen molar-refractivity contribution in [3.63, 3.8) is 0 Å². The molecule has 1 N–H and O–H groups in total. The van der Waals surface area contributed by atoms with Gasteiger partial charge in [-0.15, -0.1) is 12.4 Å². The standard InChI is InChI=1S/C22H25BrN2O4.ClH/c23-16-7-9-18(10-8-16)28-13-12-27-15-17(26)14-25-20-5-2-1-4-19(20)24-22(25)21-6-3-11-29-21;/h1-2,4-5,7-10,17,21,26H,3,6,11-15H2;1H. The Kier molecular flexibility index (Phi) is 8.53. The van der Waals surface area contributed by atoms with Crippen molar-refractivity contribution in [1.82, 2.24) is 9.55 Å². The van der Waals surface area contributed by atoms with E-state index in [-0.39, 0.29) is 25.1 Å². The van der Waals surface area contributed by atoms with Crippen LogP contribution < -0.4 is 4.74 Å². The fraction of sp³-hybridized carbons (Fsp3) is 0.409. The number of rotatable bonds is 9. The van der Waals surface area contributed by atoms with Crippen LogP contribution in [0.25, 0.3) is 11.0 Å². The minimum absolute atomic E-state index is 0. The first-order chi connectivity index (χ1) is 14.2. The zero-order chi connectivity index (χ0) is 20.1. The molecule has 6 nitrogen and oxygen atoms in total. The summed E-state index contributed by atoms with van der Waals surface area (Å²) in [7, 11) is 0. The van der Waals surface area contributed by atoms with Crippen molar-refractivity contribution in [3.05, 3.63) is 58.8 Å². The molecule has 1 fully saturated rings. The normalized spacial score (nSPS) is 17.1. The Morgan fingerprint density at radius 3 is 2.73 bits per heavy atom. The molecule has 0 bridgehead atoms. The number of benzene rings is 2. The van der Waals surface area contributed by atoms with Gasteiger partial charge in [-0.1, -0.05) is 28.1 Å². The first kappa shape index (κ1) is 23.0. The molecule has 0 spiro atoms. The first-order valence-corrected chi connectivity index (χ1v) is 10.7. The van der Waals surface area contributed by atoms with E-state index in [1.165, 1.54) is 0 Å². The van der Waals surface area contributed by atoms with Gasteiger partial charge in [-0.3, -0.25) is 0 Å². The highest BCUT2D eigenvalue weighted by molar-refractivity contribution is 9.10. The molecule has 162 valence electrons. The molecular formula is C22H26BrClN2O4.